The first-order valence-corrected chi connectivity index (χ1v) is 11.8. The SMILES string of the molecule is C=CC[C@@]1(C(=O)NC(CO)CO)N=C(c2ccc(OCCCO)cc2)O[C@@H]1c1ccc(Cl)cc1Cl. The minimum atomic E-state index is -1.51. The van der Waals surface area contributed by atoms with E-state index in [0.717, 1.165) is 0 Å². The van der Waals surface area contributed by atoms with Crippen LogP contribution < -0.4 is 10.1 Å². The predicted octanol–water partition coefficient (Wildman–Crippen LogP) is 3.06. The molecule has 0 unspecified atom stereocenters. The van der Waals surface area contributed by atoms with E-state index < -0.39 is 36.8 Å². The summed E-state index contributed by atoms with van der Waals surface area (Å²) in [5.41, 5.74) is -0.400. The highest BCUT2D eigenvalue weighted by Crippen LogP contribution is 2.45. The van der Waals surface area contributed by atoms with Crippen LogP contribution in [0.25, 0.3) is 0 Å². The summed E-state index contributed by atoms with van der Waals surface area (Å²) >= 11 is 12.6. The van der Waals surface area contributed by atoms with Crippen molar-refractivity contribution in [2.24, 2.45) is 4.99 Å². The number of carbonyl (C=O) groups excluding carboxylic acids is 1. The number of carbonyl (C=O) groups is 1. The molecule has 0 spiro atoms. The van der Waals surface area contributed by atoms with Crippen LogP contribution in [0.15, 0.2) is 60.1 Å². The van der Waals surface area contributed by atoms with Gasteiger partial charge in [-0.25, -0.2) is 4.99 Å². The van der Waals surface area contributed by atoms with Crippen LogP contribution in [0.2, 0.25) is 10.0 Å². The molecule has 2 atom stereocenters. The Balaban J connectivity index is 2.03. The summed E-state index contributed by atoms with van der Waals surface area (Å²) in [6.45, 7) is 3.31. The zero-order valence-corrected chi connectivity index (χ0v) is 20.5. The second kappa shape index (κ2) is 12.4. The van der Waals surface area contributed by atoms with Crippen LogP contribution in [0, 0.1) is 0 Å². The fourth-order valence-electron chi connectivity index (χ4n) is 3.69. The monoisotopic (exact) mass is 522 g/mol. The van der Waals surface area contributed by atoms with E-state index >= 15 is 0 Å². The van der Waals surface area contributed by atoms with Crippen LogP contribution in [0.3, 0.4) is 0 Å². The summed E-state index contributed by atoms with van der Waals surface area (Å²) in [5.74, 6) is 0.270. The van der Waals surface area contributed by atoms with Gasteiger partial charge < -0.3 is 30.1 Å². The van der Waals surface area contributed by atoms with Crippen molar-refractivity contribution in [1.29, 1.82) is 0 Å². The van der Waals surface area contributed by atoms with Gasteiger partial charge in [0.05, 0.1) is 25.9 Å². The van der Waals surface area contributed by atoms with Crippen molar-refractivity contribution in [1.82, 2.24) is 5.32 Å². The molecule has 0 fully saturated rings. The molecule has 1 heterocycles. The second-order valence-corrected chi connectivity index (χ2v) is 8.83. The normalized spacial score (nSPS) is 19.3. The van der Waals surface area contributed by atoms with Crippen molar-refractivity contribution in [3.63, 3.8) is 0 Å². The average Bonchev–Trinajstić information content (AvgIpc) is 3.23. The molecule has 0 aromatic heterocycles. The average molecular weight is 523 g/mol. The van der Waals surface area contributed by atoms with Gasteiger partial charge in [-0.05, 0) is 36.4 Å². The maximum absolute atomic E-state index is 13.5. The number of ether oxygens (including phenoxy) is 2. The lowest BCUT2D eigenvalue weighted by atomic mass is 9.84. The van der Waals surface area contributed by atoms with Gasteiger partial charge in [-0.15, -0.1) is 6.58 Å². The summed E-state index contributed by atoms with van der Waals surface area (Å²) < 4.78 is 11.8. The summed E-state index contributed by atoms with van der Waals surface area (Å²) in [6.07, 6.45) is 1.23. The van der Waals surface area contributed by atoms with Gasteiger partial charge in [-0.2, -0.15) is 0 Å². The van der Waals surface area contributed by atoms with Crippen LogP contribution in [0.5, 0.6) is 5.75 Å². The summed E-state index contributed by atoms with van der Waals surface area (Å²) in [7, 11) is 0. The van der Waals surface area contributed by atoms with Gasteiger partial charge in [-0.3, -0.25) is 4.79 Å². The molecule has 1 amide bonds. The number of benzene rings is 2. The number of hydrogen-bond acceptors (Lipinski definition) is 7. The summed E-state index contributed by atoms with van der Waals surface area (Å²) in [4.78, 5) is 18.3. The first kappa shape index (κ1) is 27.0. The number of rotatable bonds is 12. The minimum absolute atomic E-state index is 0.0399. The Hall–Kier alpha value is -2.62. The molecule has 8 nitrogen and oxygen atoms in total. The maximum atomic E-state index is 13.5. The first-order chi connectivity index (χ1) is 16.9. The van der Waals surface area contributed by atoms with Crippen LogP contribution in [0.1, 0.15) is 30.1 Å². The van der Waals surface area contributed by atoms with Crippen molar-refractivity contribution in [2.45, 2.75) is 30.5 Å². The van der Waals surface area contributed by atoms with Crippen LogP contribution in [-0.4, -0.2) is 65.1 Å². The zero-order chi connectivity index (χ0) is 25.4. The minimum Gasteiger partial charge on any atom is -0.494 e. The largest absolute Gasteiger partial charge is 0.494 e. The zero-order valence-electron chi connectivity index (χ0n) is 19.0. The predicted molar refractivity (Wildman–Crippen MR) is 134 cm³/mol. The molecule has 1 aliphatic rings. The highest BCUT2D eigenvalue weighted by Gasteiger charge is 2.53. The molecule has 0 bridgehead atoms. The standard InChI is InChI=1S/C25H28Cl2N2O6/c1-2-10-25(24(33)28-18(14-31)15-32)22(20-9-6-17(26)13-21(20)27)35-23(29-25)16-4-7-19(8-5-16)34-12-3-11-30/h2,4-9,13,18,22,30-32H,1,3,10-12,14-15H2,(H,28,33)/t22-,25-/m1/s1. The molecule has 0 saturated carbocycles. The van der Waals surface area contributed by atoms with E-state index in [-0.39, 0.29) is 18.9 Å². The Morgan fingerprint density at radius 1 is 1.20 bits per heavy atom. The number of amides is 1. The van der Waals surface area contributed by atoms with E-state index in [1.807, 2.05) is 0 Å². The molecule has 1 aliphatic heterocycles. The van der Waals surface area contributed by atoms with Crippen molar-refractivity contribution in [3.05, 3.63) is 76.3 Å². The third-order valence-electron chi connectivity index (χ3n) is 5.51. The number of aliphatic hydroxyl groups excluding tert-OH is 3. The molecular weight excluding hydrogens is 495 g/mol. The Bertz CT molecular complexity index is 1060. The number of halogens is 2. The van der Waals surface area contributed by atoms with Crippen LogP contribution in [-0.2, 0) is 9.53 Å². The van der Waals surface area contributed by atoms with Gasteiger partial charge in [0.2, 0.25) is 5.90 Å². The lowest BCUT2D eigenvalue weighted by Crippen LogP contribution is -2.53. The molecule has 188 valence electrons. The molecule has 10 heteroatoms. The summed E-state index contributed by atoms with van der Waals surface area (Å²) in [5, 5.41) is 31.3. The Labute approximate surface area is 213 Å². The third kappa shape index (κ3) is 6.15. The van der Waals surface area contributed by atoms with E-state index in [1.165, 1.54) is 0 Å². The molecule has 2 aromatic rings. The van der Waals surface area contributed by atoms with E-state index in [9.17, 15) is 15.0 Å². The second-order valence-electron chi connectivity index (χ2n) is 7.98. The lowest BCUT2D eigenvalue weighted by Gasteiger charge is -2.31. The van der Waals surface area contributed by atoms with Crippen molar-refractivity contribution < 1.29 is 29.6 Å². The van der Waals surface area contributed by atoms with E-state index in [2.05, 4.69) is 11.9 Å². The van der Waals surface area contributed by atoms with Gasteiger partial charge in [0.15, 0.2) is 11.6 Å². The molecule has 4 N–H and O–H groups in total. The van der Waals surface area contributed by atoms with Crippen molar-refractivity contribution >= 4 is 35.0 Å². The lowest BCUT2D eigenvalue weighted by molar-refractivity contribution is -0.130. The highest BCUT2D eigenvalue weighted by atomic mass is 35.5. The van der Waals surface area contributed by atoms with E-state index in [4.69, 9.17) is 42.8 Å². The molecule has 0 aliphatic carbocycles. The smallest absolute Gasteiger partial charge is 0.253 e. The van der Waals surface area contributed by atoms with Crippen LogP contribution in [0.4, 0.5) is 0 Å². The number of nitrogens with zero attached hydrogens (tertiary/aromatic N) is 1. The van der Waals surface area contributed by atoms with Crippen LogP contribution >= 0.6 is 23.2 Å². The Kier molecular flexibility index (Phi) is 9.54. The maximum Gasteiger partial charge on any atom is 0.253 e. The van der Waals surface area contributed by atoms with Gasteiger partial charge >= 0.3 is 0 Å². The molecule has 0 radical (unpaired) electrons. The fourth-order valence-corrected chi connectivity index (χ4v) is 4.19. The Morgan fingerprint density at radius 3 is 2.51 bits per heavy atom. The number of aliphatic hydroxyl groups is 3. The van der Waals surface area contributed by atoms with E-state index in [1.54, 1.807) is 48.5 Å². The van der Waals surface area contributed by atoms with Gasteiger partial charge in [0.1, 0.15) is 5.75 Å². The quantitative estimate of drug-likeness (QED) is 0.251. The van der Waals surface area contributed by atoms with Crippen molar-refractivity contribution in [3.8, 4) is 5.75 Å². The van der Waals surface area contributed by atoms with Gasteiger partial charge in [0.25, 0.3) is 5.91 Å². The summed E-state index contributed by atoms with van der Waals surface area (Å²) in [6, 6.07) is 11.0. The Morgan fingerprint density at radius 2 is 1.91 bits per heavy atom. The molecule has 35 heavy (non-hydrogen) atoms. The van der Waals surface area contributed by atoms with Crippen molar-refractivity contribution in [2.75, 3.05) is 26.4 Å². The molecular formula is C25H28Cl2N2O6. The van der Waals surface area contributed by atoms with E-state index in [0.29, 0.717) is 39.9 Å². The van der Waals surface area contributed by atoms with Gasteiger partial charge in [0, 0.05) is 40.6 Å². The molecule has 2 aromatic carbocycles. The molecule has 3 rings (SSSR count). The molecule has 0 saturated heterocycles. The number of nitrogens with one attached hydrogen (secondary N) is 1. The van der Waals surface area contributed by atoms with Gasteiger partial charge in [-0.1, -0.05) is 35.3 Å². The third-order valence-corrected chi connectivity index (χ3v) is 6.07. The fraction of sp³-hybridized carbons (Fsp3) is 0.360. The number of aliphatic imine (C=N–C) groups is 1. The topological polar surface area (TPSA) is 121 Å². The number of hydrogen-bond donors (Lipinski definition) is 4. The highest BCUT2D eigenvalue weighted by molar-refractivity contribution is 6.35. The first-order valence-electron chi connectivity index (χ1n) is 11.1.